The second-order valence-electron chi connectivity index (χ2n) is 6.95. The predicted octanol–water partition coefficient (Wildman–Crippen LogP) is 5.10. The van der Waals surface area contributed by atoms with E-state index in [0.717, 1.165) is 32.3 Å². The molecule has 1 unspecified atom stereocenters. The maximum Gasteiger partial charge on any atom is 0.135 e. The van der Waals surface area contributed by atoms with Crippen molar-refractivity contribution in [3.05, 3.63) is 85.2 Å². The summed E-state index contributed by atoms with van der Waals surface area (Å²) in [5.74, 6) is 1.38. The number of aromatic nitrogens is 2. The monoisotopic (exact) mass is 476 g/mol. The van der Waals surface area contributed by atoms with Gasteiger partial charge in [-0.15, -0.1) is 0 Å². The van der Waals surface area contributed by atoms with E-state index in [4.69, 9.17) is 0 Å². The Balaban J connectivity index is 1.48. The number of rotatable bonds is 9. The molecule has 4 N–H and O–H groups in total. The summed E-state index contributed by atoms with van der Waals surface area (Å²) < 4.78 is 17.7. The minimum atomic E-state index is -1.19. The first-order chi connectivity index (χ1) is 16.1. The highest BCUT2D eigenvalue weighted by molar-refractivity contribution is 7.97. The van der Waals surface area contributed by atoms with E-state index in [1.165, 1.54) is 6.33 Å². The van der Waals surface area contributed by atoms with Crippen molar-refractivity contribution in [2.75, 3.05) is 24.7 Å². The normalized spacial score (nSPS) is 11.7. The summed E-state index contributed by atoms with van der Waals surface area (Å²) in [5.41, 5.74) is 3.95. The van der Waals surface area contributed by atoms with Crippen LogP contribution in [0.2, 0.25) is 0 Å². The van der Waals surface area contributed by atoms with Crippen LogP contribution in [-0.2, 0) is 11.0 Å². The summed E-state index contributed by atoms with van der Waals surface area (Å²) >= 11 is 1.55. The van der Waals surface area contributed by atoms with Gasteiger partial charge in [-0.3, -0.25) is 4.72 Å². The molecule has 4 aromatic rings. The van der Waals surface area contributed by atoms with Gasteiger partial charge in [0.1, 0.15) is 28.9 Å². The Kier molecular flexibility index (Phi) is 7.69. The van der Waals surface area contributed by atoms with Crippen molar-refractivity contribution in [1.82, 2.24) is 19.4 Å². The molecule has 1 atom stereocenters. The van der Waals surface area contributed by atoms with Gasteiger partial charge in [0.05, 0.1) is 4.90 Å². The van der Waals surface area contributed by atoms with E-state index in [1.54, 1.807) is 19.0 Å². The fraction of sp³-hybridized carbons (Fsp3) is 0.0833. The maximum atomic E-state index is 11.9. The number of benzene rings is 3. The van der Waals surface area contributed by atoms with Crippen molar-refractivity contribution < 1.29 is 4.21 Å². The molecule has 9 heteroatoms. The van der Waals surface area contributed by atoms with Crippen LogP contribution in [0.15, 0.2) is 95.0 Å². The van der Waals surface area contributed by atoms with Crippen LogP contribution in [0.3, 0.4) is 0 Å². The Hall–Kier alpha value is -3.24. The van der Waals surface area contributed by atoms with Crippen molar-refractivity contribution >= 4 is 45.9 Å². The molecule has 0 spiro atoms. The zero-order chi connectivity index (χ0) is 23.0. The number of nitrogens with zero attached hydrogens (tertiary/aromatic N) is 2. The van der Waals surface area contributed by atoms with Gasteiger partial charge in [0.15, 0.2) is 0 Å². The first-order valence-electron chi connectivity index (χ1n) is 10.2. The quantitative estimate of drug-likeness (QED) is 0.250. The number of hydrogen-bond acceptors (Lipinski definition) is 7. The lowest BCUT2D eigenvalue weighted by atomic mass is 10.1. The van der Waals surface area contributed by atoms with Gasteiger partial charge in [-0.05, 0) is 79.6 Å². The molecular weight excluding hydrogens is 452 g/mol. The maximum absolute atomic E-state index is 11.9. The highest BCUT2D eigenvalue weighted by Crippen LogP contribution is 2.26. The third-order valence-electron chi connectivity index (χ3n) is 4.72. The van der Waals surface area contributed by atoms with E-state index in [9.17, 15) is 4.21 Å². The van der Waals surface area contributed by atoms with Crippen molar-refractivity contribution in [3.8, 4) is 11.1 Å². The zero-order valence-electron chi connectivity index (χ0n) is 18.2. The molecule has 1 heterocycles. The standard InChI is InChI=1S/C24H24N6OS2/c1-25-32-21-8-4-7-20(14-21)30-24-15-23(27-16-28-24)29-19-6-3-5-18(13-19)17-9-11-22(12-10-17)33(31)26-2/h3-16,25-26H,1-2H3,(H2,27,28,29,30). The lowest BCUT2D eigenvalue weighted by molar-refractivity contribution is 0.678. The first kappa shape index (κ1) is 22.9. The molecule has 0 saturated carbocycles. The molecule has 0 aliphatic heterocycles. The summed E-state index contributed by atoms with van der Waals surface area (Å²) in [6.45, 7) is 0. The third-order valence-corrected chi connectivity index (χ3v) is 6.48. The second kappa shape index (κ2) is 11.1. The average Bonchev–Trinajstić information content (AvgIpc) is 2.84. The van der Waals surface area contributed by atoms with Gasteiger partial charge in [0.2, 0.25) is 0 Å². The Morgan fingerprint density at radius 1 is 0.758 bits per heavy atom. The molecule has 168 valence electrons. The highest BCUT2D eigenvalue weighted by atomic mass is 32.2. The van der Waals surface area contributed by atoms with Gasteiger partial charge in [0, 0.05) is 22.3 Å². The molecule has 1 aromatic heterocycles. The molecule has 0 fully saturated rings. The number of hydrogen-bond donors (Lipinski definition) is 4. The summed E-state index contributed by atoms with van der Waals surface area (Å²) in [7, 11) is 2.37. The largest absolute Gasteiger partial charge is 0.340 e. The minimum Gasteiger partial charge on any atom is -0.340 e. The van der Waals surface area contributed by atoms with Gasteiger partial charge in [-0.1, -0.05) is 30.3 Å². The van der Waals surface area contributed by atoms with E-state index < -0.39 is 11.0 Å². The van der Waals surface area contributed by atoms with Gasteiger partial charge in [0.25, 0.3) is 0 Å². The van der Waals surface area contributed by atoms with E-state index in [2.05, 4.69) is 42.2 Å². The van der Waals surface area contributed by atoms with E-state index in [1.807, 2.05) is 73.8 Å². The van der Waals surface area contributed by atoms with Gasteiger partial charge < -0.3 is 10.6 Å². The Morgan fingerprint density at radius 2 is 1.42 bits per heavy atom. The van der Waals surface area contributed by atoms with Crippen LogP contribution in [0.5, 0.6) is 0 Å². The van der Waals surface area contributed by atoms with Crippen molar-refractivity contribution in [2.45, 2.75) is 9.79 Å². The van der Waals surface area contributed by atoms with Crippen molar-refractivity contribution in [1.29, 1.82) is 0 Å². The fourth-order valence-electron chi connectivity index (χ4n) is 3.21. The van der Waals surface area contributed by atoms with E-state index in [-0.39, 0.29) is 0 Å². The highest BCUT2D eigenvalue weighted by Gasteiger charge is 2.05. The molecule has 0 bridgehead atoms. The molecule has 0 amide bonds. The lowest BCUT2D eigenvalue weighted by Crippen LogP contribution is -2.10. The van der Waals surface area contributed by atoms with Crippen molar-refractivity contribution in [3.63, 3.8) is 0 Å². The van der Waals surface area contributed by atoms with Crippen LogP contribution < -0.4 is 20.1 Å². The SMILES string of the molecule is CNSc1cccc(Nc2cc(Nc3cccc(-c4ccc(S(=O)NC)cc4)c3)ncn2)c1. The Bertz CT molecular complexity index is 1250. The molecule has 0 saturated heterocycles. The van der Waals surface area contributed by atoms with Crippen LogP contribution in [-0.4, -0.2) is 28.3 Å². The van der Waals surface area contributed by atoms with Crippen LogP contribution in [0.25, 0.3) is 11.1 Å². The molecule has 0 aliphatic carbocycles. The van der Waals surface area contributed by atoms with Gasteiger partial charge in [-0.2, -0.15) is 0 Å². The summed E-state index contributed by atoms with van der Waals surface area (Å²) in [5, 5.41) is 6.67. The third kappa shape index (κ3) is 6.17. The smallest absolute Gasteiger partial charge is 0.135 e. The molecular formula is C24H24N6OS2. The van der Waals surface area contributed by atoms with E-state index >= 15 is 0 Å². The zero-order valence-corrected chi connectivity index (χ0v) is 19.8. The molecule has 7 nitrogen and oxygen atoms in total. The summed E-state index contributed by atoms with van der Waals surface area (Å²) in [6, 6.07) is 25.7. The topological polar surface area (TPSA) is 91.0 Å². The van der Waals surface area contributed by atoms with Crippen LogP contribution in [0, 0.1) is 0 Å². The van der Waals surface area contributed by atoms with Crippen LogP contribution in [0.1, 0.15) is 0 Å². The summed E-state index contributed by atoms with van der Waals surface area (Å²) in [4.78, 5) is 10.5. The number of nitrogens with one attached hydrogen (secondary N) is 4. The van der Waals surface area contributed by atoms with Gasteiger partial charge >= 0.3 is 0 Å². The summed E-state index contributed by atoms with van der Waals surface area (Å²) in [6.07, 6.45) is 1.53. The van der Waals surface area contributed by atoms with E-state index in [0.29, 0.717) is 11.6 Å². The lowest BCUT2D eigenvalue weighted by Gasteiger charge is -2.11. The van der Waals surface area contributed by atoms with Crippen molar-refractivity contribution in [2.24, 2.45) is 0 Å². The number of anilines is 4. The average molecular weight is 477 g/mol. The molecule has 0 radical (unpaired) electrons. The first-order valence-corrected chi connectivity index (χ1v) is 12.2. The minimum absolute atomic E-state index is 0.685. The Labute approximate surface area is 200 Å². The molecule has 0 aliphatic rings. The molecule has 3 aromatic carbocycles. The Morgan fingerprint density at radius 3 is 2.09 bits per heavy atom. The fourth-order valence-corrected chi connectivity index (χ4v) is 4.40. The van der Waals surface area contributed by atoms with Crippen LogP contribution in [0.4, 0.5) is 23.0 Å². The second-order valence-corrected chi connectivity index (χ2v) is 9.45. The van der Waals surface area contributed by atoms with Crippen LogP contribution >= 0.6 is 11.9 Å². The predicted molar refractivity (Wildman–Crippen MR) is 137 cm³/mol. The molecule has 4 rings (SSSR count). The molecule has 33 heavy (non-hydrogen) atoms. The van der Waals surface area contributed by atoms with Gasteiger partial charge in [-0.25, -0.2) is 18.9 Å².